The zero-order valence-corrected chi connectivity index (χ0v) is 19.4. The average molecular weight is 444 g/mol. The molecule has 0 unspecified atom stereocenters. The number of fused-ring (bicyclic) bond motifs is 1. The smallest absolute Gasteiger partial charge is 0.310 e. The van der Waals surface area contributed by atoms with Crippen molar-refractivity contribution in [1.82, 2.24) is 4.90 Å². The summed E-state index contributed by atoms with van der Waals surface area (Å²) in [7, 11) is 3.89. The van der Waals surface area contributed by atoms with E-state index in [9.17, 15) is 14.9 Å². The van der Waals surface area contributed by atoms with E-state index in [4.69, 9.17) is 4.74 Å². The van der Waals surface area contributed by atoms with E-state index in [0.29, 0.717) is 6.61 Å². The summed E-state index contributed by atoms with van der Waals surface area (Å²) in [6.45, 7) is 6.18. The van der Waals surface area contributed by atoms with E-state index < -0.39 is 4.92 Å². The van der Waals surface area contributed by atoms with Gasteiger partial charge in [0.1, 0.15) is 0 Å². The average Bonchev–Trinajstić information content (AvgIpc) is 3.15. The highest BCUT2D eigenvalue weighted by atomic mass is 32.2. The third-order valence-corrected chi connectivity index (χ3v) is 5.53. The van der Waals surface area contributed by atoms with Gasteiger partial charge in [-0.25, -0.2) is 0 Å². The van der Waals surface area contributed by atoms with Gasteiger partial charge in [0.25, 0.3) is 5.69 Å². The first-order valence-electron chi connectivity index (χ1n) is 10.2. The number of thioether (sulfide) groups is 1. The Morgan fingerprint density at radius 1 is 1.23 bits per heavy atom. The fraction of sp³-hybridized carbons (Fsp3) is 0.348. The lowest BCUT2D eigenvalue weighted by molar-refractivity contribution is -0.384. The highest BCUT2D eigenvalue weighted by Gasteiger charge is 2.21. The van der Waals surface area contributed by atoms with Crippen molar-refractivity contribution in [2.45, 2.75) is 32.1 Å². The minimum Gasteiger partial charge on any atom is -0.466 e. The van der Waals surface area contributed by atoms with E-state index in [2.05, 4.69) is 4.90 Å². The van der Waals surface area contributed by atoms with Gasteiger partial charge in [-0.3, -0.25) is 14.9 Å². The van der Waals surface area contributed by atoms with E-state index in [1.54, 1.807) is 30.8 Å². The van der Waals surface area contributed by atoms with Crippen LogP contribution < -0.4 is 4.90 Å². The van der Waals surface area contributed by atoms with Crippen LogP contribution in [-0.4, -0.2) is 42.4 Å². The van der Waals surface area contributed by atoms with Gasteiger partial charge >= 0.3 is 5.97 Å². The van der Waals surface area contributed by atoms with Crippen LogP contribution >= 0.6 is 11.8 Å². The Hall–Kier alpha value is -3.00. The van der Waals surface area contributed by atoms with Crippen LogP contribution in [0.25, 0.3) is 5.70 Å². The second-order valence-corrected chi connectivity index (χ2v) is 7.73. The highest BCUT2D eigenvalue weighted by molar-refractivity contribution is 7.99. The fourth-order valence-electron chi connectivity index (χ4n) is 3.07. The van der Waals surface area contributed by atoms with Crippen LogP contribution in [-0.2, 0) is 16.0 Å². The van der Waals surface area contributed by atoms with Crippen LogP contribution in [0.15, 0.2) is 53.6 Å². The van der Waals surface area contributed by atoms with E-state index in [0.717, 1.165) is 33.3 Å². The van der Waals surface area contributed by atoms with Crippen LogP contribution in [0.4, 0.5) is 11.4 Å². The number of rotatable bonds is 7. The normalized spacial score (nSPS) is 12.5. The molecule has 0 N–H and O–H groups in total. The van der Waals surface area contributed by atoms with Crippen molar-refractivity contribution in [1.29, 1.82) is 0 Å². The summed E-state index contributed by atoms with van der Waals surface area (Å²) >= 11 is 1.71. The number of hydrogen-bond acceptors (Lipinski definition) is 7. The molecule has 0 aliphatic carbocycles. The molecule has 1 heterocycles. The monoisotopic (exact) mass is 443 g/mol. The Morgan fingerprint density at radius 3 is 2.48 bits per heavy atom. The molecule has 7 nitrogen and oxygen atoms in total. The van der Waals surface area contributed by atoms with Gasteiger partial charge in [0.2, 0.25) is 0 Å². The first-order chi connectivity index (χ1) is 14.9. The van der Waals surface area contributed by atoms with Gasteiger partial charge < -0.3 is 14.5 Å². The molecule has 3 rings (SSSR count). The number of non-ortho nitro benzene ring substituents is 1. The Labute approximate surface area is 187 Å². The molecule has 8 heteroatoms. The predicted octanol–water partition coefficient (Wildman–Crippen LogP) is 5.16. The third kappa shape index (κ3) is 6.24. The van der Waals surface area contributed by atoms with Crippen LogP contribution in [0, 0.1) is 10.1 Å². The summed E-state index contributed by atoms with van der Waals surface area (Å²) in [5.41, 5.74) is 3.93. The number of esters is 1. The number of hydrogen-bond donors (Lipinski definition) is 0. The minimum atomic E-state index is -0.399. The number of carbonyl (C=O) groups is 1. The SMILES string of the molecule is CC.CCOC(=O)Cc1ccc2c(c1)SCN2/C=C(/c1ccc([N+](=O)[O-])cc1)N(C)C. The van der Waals surface area contributed by atoms with Crippen molar-refractivity contribution in [3.63, 3.8) is 0 Å². The van der Waals surface area contributed by atoms with E-state index in [-0.39, 0.29) is 18.1 Å². The largest absolute Gasteiger partial charge is 0.466 e. The van der Waals surface area contributed by atoms with Crippen LogP contribution in [0.2, 0.25) is 0 Å². The molecule has 0 atom stereocenters. The van der Waals surface area contributed by atoms with Gasteiger partial charge in [-0.15, -0.1) is 11.8 Å². The van der Waals surface area contributed by atoms with E-state index in [1.165, 1.54) is 12.1 Å². The quantitative estimate of drug-likeness (QED) is 0.332. The van der Waals surface area contributed by atoms with Crippen molar-refractivity contribution < 1.29 is 14.5 Å². The number of nitro groups is 1. The van der Waals surface area contributed by atoms with E-state index in [1.807, 2.05) is 57.2 Å². The molecule has 2 aromatic carbocycles. The maximum absolute atomic E-state index is 11.7. The first-order valence-corrected chi connectivity index (χ1v) is 11.2. The number of nitrogens with zero attached hydrogens (tertiary/aromatic N) is 3. The summed E-state index contributed by atoms with van der Waals surface area (Å²) in [4.78, 5) is 27.5. The Bertz CT molecular complexity index is 942. The van der Waals surface area contributed by atoms with Gasteiger partial charge in [-0.05, 0) is 42.3 Å². The minimum absolute atomic E-state index is 0.0723. The van der Waals surface area contributed by atoms with Crippen LogP contribution in [0.3, 0.4) is 0 Å². The number of benzene rings is 2. The highest BCUT2D eigenvalue weighted by Crippen LogP contribution is 2.40. The molecule has 0 fully saturated rings. The molecule has 0 spiro atoms. The molecular formula is C23H29N3O4S. The predicted molar refractivity (Wildman–Crippen MR) is 126 cm³/mol. The lowest BCUT2D eigenvalue weighted by Crippen LogP contribution is -2.17. The first kappa shape index (κ1) is 24.3. The molecule has 31 heavy (non-hydrogen) atoms. The number of ether oxygens (including phenoxy) is 1. The zero-order chi connectivity index (χ0) is 23.0. The van der Waals surface area contributed by atoms with Crippen molar-refractivity contribution in [3.05, 3.63) is 69.9 Å². The van der Waals surface area contributed by atoms with Crippen LogP contribution in [0.1, 0.15) is 31.9 Å². The molecule has 0 saturated carbocycles. The molecule has 0 saturated heterocycles. The Balaban J connectivity index is 0.00000166. The molecule has 0 bridgehead atoms. The second-order valence-electron chi connectivity index (χ2n) is 6.74. The molecule has 1 aliphatic heterocycles. The molecule has 0 radical (unpaired) electrons. The van der Waals surface area contributed by atoms with Crippen molar-refractivity contribution >= 4 is 34.8 Å². The fourth-order valence-corrected chi connectivity index (χ4v) is 4.12. The molecule has 0 amide bonds. The summed E-state index contributed by atoms with van der Waals surface area (Å²) in [5, 5.41) is 10.9. The van der Waals surface area contributed by atoms with Gasteiger partial charge in [0, 0.05) is 37.3 Å². The Kier molecular flexibility index (Phi) is 8.93. The maximum Gasteiger partial charge on any atom is 0.310 e. The van der Waals surface area contributed by atoms with Crippen molar-refractivity contribution in [2.24, 2.45) is 0 Å². The van der Waals surface area contributed by atoms with Crippen molar-refractivity contribution in [3.8, 4) is 0 Å². The number of nitro benzene ring substituents is 1. The lowest BCUT2D eigenvalue weighted by Gasteiger charge is -2.22. The third-order valence-electron chi connectivity index (χ3n) is 4.48. The lowest BCUT2D eigenvalue weighted by atomic mass is 10.1. The van der Waals surface area contributed by atoms with Gasteiger partial charge in [-0.1, -0.05) is 19.9 Å². The summed E-state index contributed by atoms with van der Waals surface area (Å²) < 4.78 is 5.02. The number of carbonyl (C=O) groups excluding carboxylic acids is 1. The molecule has 166 valence electrons. The molecule has 0 aromatic heterocycles. The summed E-state index contributed by atoms with van der Waals surface area (Å²) in [5.74, 6) is 0.531. The van der Waals surface area contributed by atoms with Crippen LogP contribution in [0.5, 0.6) is 0 Å². The number of anilines is 1. The summed E-state index contributed by atoms with van der Waals surface area (Å²) in [6, 6.07) is 12.5. The van der Waals surface area contributed by atoms with Crippen molar-refractivity contribution in [2.75, 3.05) is 31.5 Å². The maximum atomic E-state index is 11.7. The van der Waals surface area contributed by atoms with Gasteiger partial charge in [-0.2, -0.15) is 0 Å². The molecular weight excluding hydrogens is 414 g/mol. The molecule has 2 aromatic rings. The molecule has 1 aliphatic rings. The zero-order valence-electron chi connectivity index (χ0n) is 18.6. The Morgan fingerprint density at radius 2 is 1.90 bits per heavy atom. The van der Waals surface area contributed by atoms with Gasteiger partial charge in [0.15, 0.2) is 0 Å². The second kappa shape index (κ2) is 11.4. The standard InChI is InChI=1S/C21H23N3O4S.C2H6/c1-4-28-21(25)12-15-5-10-18-20(11-15)29-14-23(18)13-19(22(2)3)16-6-8-17(9-7-16)24(26)27;1-2/h5-11,13H,4,12,14H2,1-3H3;1-2H3/b19-13-;. The van der Waals surface area contributed by atoms with Gasteiger partial charge in [0.05, 0.1) is 35.2 Å². The summed E-state index contributed by atoms with van der Waals surface area (Å²) in [6.07, 6.45) is 2.31. The van der Waals surface area contributed by atoms with E-state index >= 15 is 0 Å². The topological polar surface area (TPSA) is 75.9 Å².